The van der Waals surface area contributed by atoms with Crippen LogP contribution in [-0.4, -0.2) is 6.61 Å². The van der Waals surface area contributed by atoms with Crippen LogP contribution < -0.4 is 4.74 Å². The quantitative estimate of drug-likeness (QED) is 0.590. The highest BCUT2D eigenvalue weighted by molar-refractivity contribution is 9.10. The second kappa shape index (κ2) is 7.33. The molecule has 2 aromatic carbocycles. The number of rotatable bonds is 5. The number of benzene rings is 2. The highest BCUT2D eigenvalue weighted by atomic mass is 79.9. The van der Waals surface area contributed by atoms with Crippen molar-refractivity contribution in [2.75, 3.05) is 6.61 Å². The highest BCUT2D eigenvalue weighted by Gasteiger charge is 2.14. The van der Waals surface area contributed by atoms with Crippen LogP contribution in [0.1, 0.15) is 34.6 Å². The van der Waals surface area contributed by atoms with Crippen molar-refractivity contribution in [2.45, 2.75) is 32.6 Å². The maximum atomic E-state index is 6.63. The van der Waals surface area contributed by atoms with Gasteiger partial charge >= 0.3 is 0 Å². The lowest BCUT2D eigenvalue weighted by Crippen LogP contribution is -2.00. The molecule has 0 aromatic heterocycles. The molecule has 1 atom stereocenters. The molecule has 112 valence electrons. The molecular weight excluding hydrogens is 348 g/mol. The molecule has 0 fully saturated rings. The molecule has 0 amide bonds. The first kappa shape index (κ1) is 16.4. The molecule has 0 aliphatic heterocycles. The Morgan fingerprint density at radius 3 is 2.57 bits per heavy atom. The van der Waals surface area contributed by atoms with Gasteiger partial charge in [0.15, 0.2) is 0 Å². The summed E-state index contributed by atoms with van der Waals surface area (Å²) in [6, 6.07) is 12.5. The van der Waals surface area contributed by atoms with Crippen LogP contribution in [0.25, 0.3) is 0 Å². The predicted molar refractivity (Wildman–Crippen MR) is 93.5 cm³/mol. The van der Waals surface area contributed by atoms with Gasteiger partial charge < -0.3 is 4.74 Å². The summed E-state index contributed by atoms with van der Waals surface area (Å²) in [6.07, 6.45) is 0.821. The van der Waals surface area contributed by atoms with Gasteiger partial charge in [0.1, 0.15) is 5.75 Å². The van der Waals surface area contributed by atoms with Gasteiger partial charge in [0.05, 0.1) is 12.0 Å². The summed E-state index contributed by atoms with van der Waals surface area (Å²) in [7, 11) is 0. The van der Waals surface area contributed by atoms with Crippen molar-refractivity contribution >= 4 is 27.5 Å². The van der Waals surface area contributed by atoms with Crippen LogP contribution in [0.3, 0.4) is 0 Å². The molecule has 3 heteroatoms. The summed E-state index contributed by atoms with van der Waals surface area (Å²) in [5.41, 5.74) is 4.95. The second-order valence-electron chi connectivity index (χ2n) is 5.22. The fourth-order valence-electron chi connectivity index (χ4n) is 2.34. The lowest BCUT2D eigenvalue weighted by atomic mass is 9.98. The molecule has 0 aliphatic carbocycles. The number of hydrogen-bond donors (Lipinski definition) is 0. The van der Waals surface area contributed by atoms with E-state index in [0.29, 0.717) is 6.61 Å². The predicted octanol–water partition coefficient (Wildman–Crippen LogP) is 5.99. The normalized spacial score (nSPS) is 12.2. The van der Waals surface area contributed by atoms with Crippen LogP contribution in [0.15, 0.2) is 40.9 Å². The van der Waals surface area contributed by atoms with Gasteiger partial charge in [0, 0.05) is 4.47 Å². The van der Waals surface area contributed by atoms with Crippen LogP contribution in [0.4, 0.5) is 0 Å². The smallest absolute Gasteiger partial charge is 0.120 e. The Labute approximate surface area is 140 Å². The zero-order valence-electron chi connectivity index (χ0n) is 12.6. The van der Waals surface area contributed by atoms with E-state index in [0.717, 1.165) is 22.2 Å². The zero-order chi connectivity index (χ0) is 15.4. The first-order valence-corrected chi connectivity index (χ1v) is 8.36. The van der Waals surface area contributed by atoms with Crippen molar-refractivity contribution in [1.82, 2.24) is 0 Å². The third kappa shape index (κ3) is 4.24. The molecule has 21 heavy (non-hydrogen) atoms. The molecule has 0 bridgehead atoms. The minimum absolute atomic E-state index is 0.0597. The summed E-state index contributed by atoms with van der Waals surface area (Å²) in [5, 5.41) is -0.0597. The topological polar surface area (TPSA) is 9.23 Å². The second-order valence-corrected chi connectivity index (χ2v) is 6.60. The monoisotopic (exact) mass is 366 g/mol. The molecule has 0 saturated carbocycles. The van der Waals surface area contributed by atoms with E-state index < -0.39 is 0 Å². The van der Waals surface area contributed by atoms with Crippen molar-refractivity contribution in [3.63, 3.8) is 0 Å². The van der Waals surface area contributed by atoms with E-state index in [1.54, 1.807) is 0 Å². The van der Waals surface area contributed by atoms with Crippen LogP contribution in [0, 0.1) is 13.8 Å². The summed E-state index contributed by atoms with van der Waals surface area (Å²) >= 11 is 10.2. The van der Waals surface area contributed by atoms with E-state index in [1.165, 1.54) is 16.7 Å². The van der Waals surface area contributed by atoms with Crippen molar-refractivity contribution in [2.24, 2.45) is 0 Å². The van der Waals surface area contributed by atoms with Crippen molar-refractivity contribution in [3.05, 3.63) is 63.1 Å². The average molecular weight is 368 g/mol. The Morgan fingerprint density at radius 2 is 1.90 bits per heavy atom. The van der Waals surface area contributed by atoms with Crippen molar-refractivity contribution in [1.29, 1.82) is 0 Å². The molecule has 0 heterocycles. The summed E-state index contributed by atoms with van der Waals surface area (Å²) in [4.78, 5) is 0. The van der Waals surface area contributed by atoms with Crippen LogP contribution in [0.5, 0.6) is 5.75 Å². The van der Waals surface area contributed by atoms with Gasteiger partial charge in [-0.15, -0.1) is 11.6 Å². The maximum Gasteiger partial charge on any atom is 0.120 e. The van der Waals surface area contributed by atoms with Crippen LogP contribution in [0.2, 0.25) is 0 Å². The SMILES string of the molecule is CCOc1ccc(C(Cl)Cc2cc(C)ccc2C)c(Br)c1. The Morgan fingerprint density at radius 1 is 1.14 bits per heavy atom. The van der Waals surface area contributed by atoms with Crippen molar-refractivity contribution < 1.29 is 4.74 Å². The molecule has 0 saturated heterocycles. The van der Waals surface area contributed by atoms with E-state index in [2.05, 4.69) is 48.0 Å². The fraction of sp³-hybridized carbons (Fsp3) is 0.333. The Balaban J connectivity index is 2.20. The highest BCUT2D eigenvalue weighted by Crippen LogP contribution is 2.34. The minimum atomic E-state index is -0.0597. The molecule has 2 rings (SSSR count). The van der Waals surface area contributed by atoms with E-state index in [1.807, 2.05) is 25.1 Å². The lowest BCUT2D eigenvalue weighted by molar-refractivity contribution is 0.340. The van der Waals surface area contributed by atoms with Gasteiger partial charge in [-0.25, -0.2) is 0 Å². The Kier molecular flexibility index (Phi) is 5.72. The molecule has 0 N–H and O–H groups in total. The standard InChI is InChI=1S/C18H20BrClO/c1-4-21-15-7-8-16(17(19)11-15)18(20)10-14-9-12(2)5-6-13(14)3/h5-9,11,18H,4,10H2,1-3H3. The molecule has 1 nitrogen and oxygen atoms in total. The number of alkyl halides is 1. The molecule has 1 unspecified atom stereocenters. The third-order valence-corrected chi connectivity index (χ3v) is 4.60. The first-order chi connectivity index (χ1) is 10.0. The fourth-order valence-corrected chi connectivity index (χ4v) is 3.46. The van der Waals surface area contributed by atoms with Crippen LogP contribution >= 0.6 is 27.5 Å². The summed E-state index contributed by atoms with van der Waals surface area (Å²) < 4.78 is 6.50. The number of ether oxygens (including phenoxy) is 1. The molecule has 0 radical (unpaired) electrons. The van der Waals surface area contributed by atoms with E-state index in [4.69, 9.17) is 16.3 Å². The van der Waals surface area contributed by atoms with E-state index >= 15 is 0 Å². The molecule has 0 aliphatic rings. The maximum absolute atomic E-state index is 6.63. The van der Waals surface area contributed by atoms with Gasteiger partial charge in [-0.1, -0.05) is 45.8 Å². The Hall–Kier alpha value is -0.990. The van der Waals surface area contributed by atoms with Crippen molar-refractivity contribution in [3.8, 4) is 5.75 Å². The number of halogens is 2. The zero-order valence-corrected chi connectivity index (χ0v) is 15.0. The molecule has 0 spiro atoms. The number of hydrogen-bond acceptors (Lipinski definition) is 1. The molecular formula is C18H20BrClO. The van der Waals surface area contributed by atoms with Crippen LogP contribution in [-0.2, 0) is 6.42 Å². The average Bonchev–Trinajstić information content (AvgIpc) is 2.43. The third-order valence-electron chi connectivity index (χ3n) is 3.52. The van der Waals surface area contributed by atoms with Gasteiger partial charge in [-0.05, 0) is 56.0 Å². The van der Waals surface area contributed by atoms with Gasteiger partial charge in [-0.3, -0.25) is 0 Å². The van der Waals surface area contributed by atoms with Gasteiger partial charge in [0.2, 0.25) is 0 Å². The lowest BCUT2D eigenvalue weighted by Gasteiger charge is -2.15. The van der Waals surface area contributed by atoms with E-state index in [-0.39, 0.29) is 5.38 Å². The summed E-state index contributed by atoms with van der Waals surface area (Å²) in [6.45, 7) is 6.88. The molecule has 2 aromatic rings. The minimum Gasteiger partial charge on any atom is -0.494 e. The number of aryl methyl sites for hydroxylation is 2. The van der Waals surface area contributed by atoms with E-state index in [9.17, 15) is 0 Å². The largest absolute Gasteiger partial charge is 0.494 e. The van der Waals surface area contributed by atoms with Gasteiger partial charge in [0.25, 0.3) is 0 Å². The Bertz CT molecular complexity index is 625. The summed E-state index contributed by atoms with van der Waals surface area (Å²) in [5.74, 6) is 0.865. The first-order valence-electron chi connectivity index (χ1n) is 7.13. The van der Waals surface area contributed by atoms with Gasteiger partial charge in [-0.2, -0.15) is 0 Å².